The molecule has 1 aromatic heterocycles. The van der Waals surface area contributed by atoms with Crippen molar-refractivity contribution >= 4 is 28.8 Å². The highest BCUT2D eigenvalue weighted by Crippen LogP contribution is 2.35. The minimum absolute atomic E-state index is 0.0490. The molecule has 0 fully saturated rings. The summed E-state index contributed by atoms with van der Waals surface area (Å²) in [5.74, 6) is 0.0810. The second-order valence-electron chi connectivity index (χ2n) is 7.33. The SMILES string of the molecule is CC(=O)c1ccc(Nc2ncnc(NC(c3ccccc3)c3ccccc3)c2[N+](=O)[O-])cc1. The Hall–Kier alpha value is -4.59. The quantitative estimate of drug-likeness (QED) is 0.211. The van der Waals surface area contributed by atoms with Gasteiger partial charge in [-0.3, -0.25) is 14.9 Å². The second kappa shape index (κ2) is 9.69. The van der Waals surface area contributed by atoms with Crippen molar-refractivity contribution in [3.05, 3.63) is 118 Å². The number of ketones is 1. The Labute approximate surface area is 190 Å². The van der Waals surface area contributed by atoms with Crippen LogP contribution in [0.3, 0.4) is 0 Å². The number of hydrogen-bond acceptors (Lipinski definition) is 7. The lowest BCUT2D eigenvalue weighted by atomic mass is 9.99. The summed E-state index contributed by atoms with van der Waals surface area (Å²) in [6.45, 7) is 1.48. The van der Waals surface area contributed by atoms with E-state index in [0.29, 0.717) is 11.3 Å². The third kappa shape index (κ3) is 5.01. The molecule has 2 N–H and O–H groups in total. The first-order chi connectivity index (χ1) is 16.0. The zero-order chi connectivity index (χ0) is 23.2. The molecule has 8 nitrogen and oxygen atoms in total. The van der Waals surface area contributed by atoms with Crippen molar-refractivity contribution in [3.8, 4) is 0 Å². The molecule has 0 aliphatic carbocycles. The first kappa shape index (κ1) is 21.6. The van der Waals surface area contributed by atoms with Crippen molar-refractivity contribution in [1.29, 1.82) is 0 Å². The molecule has 164 valence electrons. The van der Waals surface area contributed by atoms with Gasteiger partial charge in [0.05, 0.1) is 11.0 Å². The minimum Gasteiger partial charge on any atom is -0.353 e. The number of aromatic nitrogens is 2. The Morgan fingerprint density at radius 1 is 0.848 bits per heavy atom. The van der Waals surface area contributed by atoms with Gasteiger partial charge in [0.2, 0.25) is 11.6 Å². The average molecular weight is 439 g/mol. The van der Waals surface area contributed by atoms with Gasteiger partial charge < -0.3 is 10.6 Å². The molecule has 0 aliphatic rings. The molecule has 4 aromatic rings. The fourth-order valence-corrected chi connectivity index (χ4v) is 3.46. The number of anilines is 3. The van der Waals surface area contributed by atoms with Gasteiger partial charge in [-0.25, -0.2) is 9.97 Å². The fourth-order valence-electron chi connectivity index (χ4n) is 3.46. The molecule has 0 saturated heterocycles. The van der Waals surface area contributed by atoms with Gasteiger partial charge in [0.25, 0.3) is 0 Å². The van der Waals surface area contributed by atoms with Crippen molar-refractivity contribution in [2.45, 2.75) is 13.0 Å². The molecule has 0 spiro atoms. The number of benzene rings is 3. The summed E-state index contributed by atoms with van der Waals surface area (Å²) in [4.78, 5) is 31.3. The maximum atomic E-state index is 12.0. The van der Waals surface area contributed by atoms with Crippen LogP contribution in [0.4, 0.5) is 23.0 Å². The van der Waals surface area contributed by atoms with Crippen LogP contribution in [0.15, 0.2) is 91.3 Å². The smallest absolute Gasteiger partial charge is 0.353 e. The van der Waals surface area contributed by atoms with Crippen molar-refractivity contribution in [2.75, 3.05) is 10.6 Å². The Kier molecular flexibility index (Phi) is 6.36. The molecule has 0 atom stereocenters. The number of carbonyl (C=O) groups excluding carboxylic acids is 1. The number of rotatable bonds is 8. The van der Waals surface area contributed by atoms with Crippen molar-refractivity contribution in [2.24, 2.45) is 0 Å². The van der Waals surface area contributed by atoms with Crippen LogP contribution in [0.1, 0.15) is 34.5 Å². The number of carbonyl (C=O) groups is 1. The van der Waals surface area contributed by atoms with Crippen LogP contribution in [0.25, 0.3) is 0 Å². The van der Waals surface area contributed by atoms with E-state index < -0.39 is 4.92 Å². The highest BCUT2D eigenvalue weighted by atomic mass is 16.6. The predicted octanol–water partition coefficient (Wildman–Crippen LogP) is 5.53. The van der Waals surface area contributed by atoms with Gasteiger partial charge in [0.15, 0.2) is 5.78 Å². The number of Topliss-reactive ketones (excluding diaryl/α,β-unsaturated/α-hetero) is 1. The lowest BCUT2D eigenvalue weighted by Gasteiger charge is -2.20. The fraction of sp³-hybridized carbons (Fsp3) is 0.0800. The molecule has 0 bridgehead atoms. The molecule has 0 amide bonds. The van der Waals surface area contributed by atoms with Crippen LogP contribution < -0.4 is 10.6 Å². The Morgan fingerprint density at radius 2 is 1.39 bits per heavy atom. The summed E-state index contributed by atoms with van der Waals surface area (Å²) >= 11 is 0. The lowest BCUT2D eigenvalue weighted by molar-refractivity contribution is -0.383. The van der Waals surface area contributed by atoms with Gasteiger partial charge in [0, 0.05) is 11.3 Å². The van der Waals surface area contributed by atoms with Crippen LogP contribution in [0.2, 0.25) is 0 Å². The Bertz CT molecular complexity index is 1220. The van der Waals surface area contributed by atoms with E-state index in [9.17, 15) is 14.9 Å². The van der Waals surface area contributed by atoms with Crippen LogP contribution >= 0.6 is 0 Å². The Balaban J connectivity index is 1.71. The monoisotopic (exact) mass is 439 g/mol. The summed E-state index contributed by atoms with van der Waals surface area (Å²) in [7, 11) is 0. The molecule has 0 radical (unpaired) electrons. The van der Waals surface area contributed by atoms with Crippen LogP contribution in [-0.4, -0.2) is 20.7 Å². The zero-order valence-electron chi connectivity index (χ0n) is 17.8. The summed E-state index contributed by atoms with van der Waals surface area (Å²) in [5.41, 5.74) is 2.71. The lowest BCUT2D eigenvalue weighted by Crippen LogP contribution is -2.15. The minimum atomic E-state index is -0.512. The van der Waals surface area contributed by atoms with Gasteiger partial charge in [-0.05, 0) is 42.3 Å². The molecule has 0 saturated carbocycles. The average Bonchev–Trinajstić information content (AvgIpc) is 2.84. The summed E-state index contributed by atoms with van der Waals surface area (Å²) in [6, 6.07) is 25.6. The first-order valence-corrected chi connectivity index (χ1v) is 10.3. The molecule has 33 heavy (non-hydrogen) atoms. The maximum absolute atomic E-state index is 12.0. The van der Waals surface area contributed by atoms with Crippen molar-refractivity contribution in [1.82, 2.24) is 9.97 Å². The van der Waals surface area contributed by atoms with E-state index in [1.807, 2.05) is 60.7 Å². The van der Waals surface area contributed by atoms with E-state index in [2.05, 4.69) is 20.6 Å². The standard InChI is InChI=1S/C25H21N5O3/c1-17(31)18-12-14-21(15-13-18)28-24-23(30(32)33)25(27-16-26-24)29-22(19-8-4-2-5-9-19)20-10-6-3-7-11-20/h2-16,22H,1H3,(H2,26,27,28,29). The largest absolute Gasteiger partial charge is 0.353 e. The van der Waals surface area contributed by atoms with E-state index in [1.54, 1.807) is 24.3 Å². The van der Waals surface area contributed by atoms with Crippen molar-refractivity contribution in [3.63, 3.8) is 0 Å². The molecule has 1 heterocycles. The summed E-state index contributed by atoms with van der Waals surface area (Å²) in [5, 5.41) is 18.2. The highest BCUT2D eigenvalue weighted by molar-refractivity contribution is 5.94. The van der Waals surface area contributed by atoms with Gasteiger partial charge in [-0.15, -0.1) is 0 Å². The van der Waals surface area contributed by atoms with Crippen LogP contribution in [0, 0.1) is 10.1 Å². The van der Waals surface area contributed by atoms with E-state index >= 15 is 0 Å². The number of nitro groups is 1. The van der Waals surface area contributed by atoms with Crippen LogP contribution in [0.5, 0.6) is 0 Å². The number of nitrogens with one attached hydrogen (secondary N) is 2. The third-order valence-electron chi connectivity index (χ3n) is 5.11. The van der Waals surface area contributed by atoms with Gasteiger partial charge in [-0.2, -0.15) is 0 Å². The third-order valence-corrected chi connectivity index (χ3v) is 5.11. The normalized spacial score (nSPS) is 10.6. The number of nitrogens with zero attached hydrogens (tertiary/aromatic N) is 3. The van der Waals surface area contributed by atoms with Gasteiger partial charge >= 0.3 is 5.69 Å². The topological polar surface area (TPSA) is 110 Å². The van der Waals surface area contributed by atoms with Crippen molar-refractivity contribution < 1.29 is 9.72 Å². The molecule has 4 rings (SSSR count). The van der Waals surface area contributed by atoms with E-state index in [0.717, 1.165) is 11.1 Å². The molecule has 0 aliphatic heterocycles. The second-order valence-corrected chi connectivity index (χ2v) is 7.33. The summed E-state index contributed by atoms with van der Waals surface area (Å²) < 4.78 is 0. The predicted molar refractivity (Wildman–Crippen MR) is 127 cm³/mol. The molecule has 0 unspecified atom stereocenters. The zero-order valence-corrected chi connectivity index (χ0v) is 17.8. The van der Waals surface area contributed by atoms with E-state index in [1.165, 1.54) is 13.3 Å². The van der Waals surface area contributed by atoms with E-state index in [-0.39, 0.29) is 29.1 Å². The maximum Gasteiger partial charge on any atom is 0.353 e. The molecular formula is C25H21N5O3. The first-order valence-electron chi connectivity index (χ1n) is 10.3. The van der Waals surface area contributed by atoms with Crippen LogP contribution in [-0.2, 0) is 0 Å². The molecule has 8 heteroatoms. The number of hydrogen-bond donors (Lipinski definition) is 2. The van der Waals surface area contributed by atoms with E-state index in [4.69, 9.17) is 0 Å². The molecule has 3 aromatic carbocycles. The van der Waals surface area contributed by atoms with Gasteiger partial charge in [0.1, 0.15) is 6.33 Å². The Morgan fingerprint density at radius 3 is 1.91 bits per heavy atom. The highest BCUT2D eigenvalue weighted by Gasteiger charge is 2.26. The van der Waals surface area contributed by atoms with Gasteiger partial charge in [-0.1, -0.05) is 60.7 Å². The molecular weight excluding hydrogens is 418 g/mol. The summed E-state index contributed by atoms with van der Waals surface area (Å²) in [6.07, 6.45) is 1.27.